The average Bonchev–Trinajstić information content (AvgIpc) is 2.68. The smallest absolute Gasteiger partial charge is 0.258 e. The van der Waals surface area contributed by atoms with Crippen LogP contribution in [0.5, 0.6) is 11.5 Å². The van der Waals surface area contributed by atoms with Crippen LogP contribution in [0.15, 0.2) is 52.1 Å². The second kappa shape index (κ2) is 8.61. The number of aromatic nitrogens is 2. The first-order valence-electron chi connectivity index (χ1n) is 10.2. The number of pyridine rings is 2. The van der Waals surface area contributed by atoms with Crippen LogP contribution in [0.4, 0.5) is 0 Å². The van der Waals surface area contributed by atoms with E-state index in [9.17, 15) is 19.8 Å². The second-order valence-electron chi connectivity index (χ2n) is 7.51. The maximum absolute atomic E-state index is 13.3. The molecule has 0 bridgehead atoms. The van der Waals surface area contributed by atoms with Gasteiger partial charge in [-0.2, -0.15) is 0 Å². The zero-order valence-corrected chi connectivity index (χ0v) is 17.8. The fourth-order valence-electron chi connectivity index (χ4n) is 4.18. The molecule has 0 aliphatic carbocycles. The number of hydrogen-bond donors (Lipinski definition) is 2. The first kappa shape index (κ1) is 21.4. The molecule has 2 N–H and O–H groups in total. The minimum absolute atomic E-state index is 0.130. The van der Waals surface area contributed by atoms with Gasteiger partial charge in [-0.05, 0) is 51.8 Å². The van der Waals surface area contributed by atoms with Crippen LogP contribution in [0.25, 0.3) is 0 Å². The summed E-state index contributed by atoms with van der Waals surface area (Å²) in [5, 5.41) is 21.5. The predicted molar refractivity (Wildman–Crippen MR) is 118 cm³/mol. The summed E-state index contributed by atoms with van der Waals surface area (Å²) in [6, 6.07) is 12.5. The lowest BCUT2D eigenvalue weighted by molar-refractivity contribution is 0.443. The maximum Gasteiger partial charge on any atom is 0.258 e. The highest BCUT2D eigenvalue weighted by Crippen LogP contribution is 2.35. The van der Waals surface area contributed by atoms with Gasteiger partial charge in [0.2, 0.25) is 0 Å². The van der Waals surface area contributed by atoms with Gasteiger partial charge >= 0.3 is 0 Å². The predicted octanol–water partition coefficient (Wildman–Crippen LogP) is 3.45. The van der Waals surface area contributed by atoms with Crippen molar-refractivity contribution in [2.75, 3.05) is 0 Å². The van der Waals surface area contributed by atoms with Crippen molar-refractivity contribution < 1.29 is 10.2 Å². The van der Waals surface area contributed by atoms with Crippen molar-refractivity contribution in [3.05, 3.63) is 91.3 Å². The molecular formula is C24H28N2O4. The third-order valence-electron chi connectivity index (χ3n) is 5.66. The molecule has 0 aliphatic heterocycles. The minimum Gasteiger partial charge on any atom is -0.507 e. The van der Waals surface area contributed by atoms with E-state index in [2.05, 4.69) is 0 Å². The summed E-state index contributed by atoms with van der Waals surface area (Å²) < 4.78 is 3.13. The molecule has 0 saturated carbocycles. The lowest BCUT2D eigenvalue weighted by Crippen LogP contribution is -2.32. The summed E-state index contributed by atoms with van der Waals surface area (Å²) in [5.41, 5.74) is 1.74. The van der Waals surface area contributed by atoms with Gasteiger partial charge in [-0.25, -0.2) is 0 Å². The summed E-state index contributed by atoms with van der Waals surface area (Å²) in [5.74, 6) is -1.11. The summed E-state index contributed by atoms with van der Waals surface area (Å²) in [6.07, 6.45) is 0.298. The first-order chi connectivity index (χ1) is 14.3. The molecular weight excluding hydrogens is 380 g/mol. The van der Waals surface area contributed by atoms with Gasteiger partial charge in [-0.1, -0.05) is 30.3 Å². The van der Waals surface area contributed by atoms with Crippen LogP contribution in [0.3, 0.4) is 0 Å². The number of aromatic hydroxyl groups is 2. The van der Waals surface area contributed by atoms with Crippen molar-refractivity contribution in [1.29, 1.82) is 0 Å². The average molecular weight is 408 g/mol. The monoisotopic (exact) mass is 408 g/mol. The van der Waals surface area contributed by atoms with Crippen molar-refractivity contribution in [2.24, 2.45) is 0 Å². The van der Waals surface area contributed by atoms with Crippen LogP contribution in [0.1, 0.15) is 47.8 Å². The van der Waals surface area contributed by atoms with Gasteiger partial charge in [0.05, 0.1) is 11.1 Å². The van der Waals surface area contributed by atoms with E-state index in [1.807, 2.05) is 44.2 Å². The van der Waals surface area contributed by atoms with Crippen LogP contribution < -0.4 is 11.1 Å². The largest absolute Gasteiger partial charge is 0.507 e. The standard InChI is InChI=1S/C24H28N2O4/c1-5-25-15(3)12-19(27)21(23(25)29)18(14-17-10-8-7-9-11-17)22-20(28)13-16(4)26(6-2)24(22)30/h7-13,18,27-28H,5-6,14H2,1-4H3. The minimum atomic E-state index is -0.788. The van der Waals surface area contributed by atoms with Crippen LogP contribution in [0, 0.1) is 13.8 Å². The Kier molecular flexibility index (Phi) is 6.15. The molecule has 3 aromatic rings. The SMILES string of the molecule is CCn1c(C)cc(O)c(C(Cc2ccccc2)c2c(O)cc(C)n(CC)c2=O)c1=O. The van der Waals surface area contributed by atoms with E-state index in [-0.39, 0.29) is 33.7 Å². The highest BCUT2D eigenvalue weighted by atomic mass is 16.3. The Balaban J connectivity index is 2.36. The third kappa shape index (κ3) is 3.77. The lowest BCUT2D eigenvalue weighted by Gasteiger charge is -2.22. The van der Waals surface area contributed by atoms with E-state index < -0.39 is 5.92 Å². The zero-order valence-electron chi connectivity index (χ0n) is 17.8. The summed E-state index contributed by atoms with van der Waals surface area (Å²) in [6.45, 7) is 8.11. The molecule has 0 atom stereocenters. The van der Waals surface area contributed by atoms with Crippen molar-refractivity contribution in [1.82, 2.24) is 9.13 Å². The Bertz CT molecular complexity index is 1100. The molecule has 0 fully saturated rings. The van der Waals surface area contributed by atoms with Crippen LogP contribution >= 0.6 is 0 Å². The molecule has 3 rings (SSSR count). The molecule has 0 unspecified atom stereocenters. The Labute approximate surface area is 175 Å². The normalized spacial score (nSPS) is 11.2. The summed E-state index contributed by atoms with van der Waals surface area (Å²) >= 11 is 0. The van der Waals surface area contributed by atoms with E-state index in [1.54, 1.807) is 35.1 Å². The van der Waals surface area contributed by atoms with Gasteiger partial charge in [0.25, 0.3) is 11.1 Å². The molecule has 6 nitrogen and oxygen atoms in total. The fraction of sp³-hybridized carbons (Fsp3) is 0.333. The van der Waals surface area contributed by atoms with E-state index in [1.165, 1.54) is 0 Å². The highest BCUT2D eigenvalue weighted by Gasteiger charge is 2.29. The topological polar surface area (TPSA) is 84.5 Å². The van der Waals surface area contributed by atoms with Gasteiger partial charge in [-0.3, -0.25) is 9.59 Å². The lowest BCUT2D eigenvalue weighted by atomic mass is 9.85. The van der Waals surface area contributed by atoms with Crippen molar-refractivity contribution >= 4 is 0 Å². The number of nitrogens with zero attached hydrogens (tertiary/aromatic N) is 2. The van der Waals surface area contributed by atoms with Gasteiger partial charge in [-0.15, -0.1) is 0 Å². The van der Waals surface area contributed by atoms with E-state index in [4.69, 9.17) is 0 Å². The molecule has 1 aromatic carbocycles. The molecule has 0 amide bonds. The Morgan fingerprint density at radius 1 is 0.800 bits per heavy atom. The maximum atomic E-state index is 13.3. The third-order valence-corrected chi connectivity index (χ3v) is 5.66. The molecule has 0 radical (unpaired) electrons. The Morgan fingerprint density at radius 3 is 1.63 bits per heavy atom. The molecule has 30 heavy (non-hydrogen) atoms. The van der Waals surface area contributed by atoms with Gasteiger partial charge in [0, 0.05) is 30.4 Å². The fourth-order valence-corrected chi connectivity index (χ4v) is 4.18. The van der Waals surface area contributed by atoms with Crippen molar-refractivity contribution in [2.45, 2.75) is 53.1 Å². The number of hydrogen-bond acceptors (Lipinski definition) is 4. The van der Waals surface area contributed by atoms with E-state index in [0.717, 1.165) is 5.56 Å². The molecule has 0 aliphatic rings. The summed E-state index contributed by atoms with van der Waals surface area (Å²) in [4.78, 5) is 26.6. The molecule has 158 valence electrons. The van der Waals surface area contributed by atoms with Crippen molar-refractivity contribution in [3.63, 3.8) is 0 Å². The highest BCUT2D eigenvalue weighted by molar-refractivity contribution is 5.47. The van der Waals surface area contributed by atoms with Gasteiger partial charge < -0.3 is 19.3 Å². The van der Waals surface area contributed by atoms with Gasteiger partial charge in [0.1, 0.15) is 11.5 Å². The molecule has 0 spiro atoms. The van der Waals surface area contributed by atoms with E-state index >= 15 is 0 Å². The Hall–Kier alpha value is -3.28. The van der Waals surface area contributed by atoms with Crippen molar-refractivity contribution in [3.8, 4) is 11.5 Å². The summed E-state index contributed by atoms with van der Waals surface area (Å²) in [7, 11) is 0. The molecule has 0 saturated heterocycles. The number of rotatable bonds is 6. The number of aryl methyl sites for hydroxylation is 2. The van der Waals surface area contributed by atoms with Crippen LogP contribution in [0.2, 0.25) is 0 Å². The molecule has 2 heterocycles. The quantitative estimate of drug-likeness (QED) is 0.654. The zero-order chi connectivity index (χ0) is 22.0. The van der Waals surface area contributed by atoms with Gasteiger partial charge in [0.15, 0.2) is 0 Å². The first-order valence-corrected chi connectivity index (χ1v) is 10.2. The van der Waals surface area contributed by atoms with Crippen LogP contribution in [-0.2, 0) is 19.5 Å². The Morgan fingerprint density at radius 2 is 1.23 bits per heavy atom. The van der Waals surface area contributed by atoms with E-state index in [0.29, 0.717) is 30.9 Å². The van der Waals surface area contributed by atoms with Crippen LogP contribution in [-0.4, -0.2) is 19.3 Å². The second-order valence-corrected chi connectivity index (χ2v) is 7.51. The molecule has 6 heteroatoms. The molecule has 2 aromatic heterocycles. The number of benzene rings is 1.